The fourth-order valence-corrected chi connectivity index (χ4v) is 2.96. The number of nitrogens with zero attached hydrogens (tertiary/aromatic N) is 1. The Bertz CT molecular complexity index is 655. The zero-order chi connectivity index (χ0) is 14.8. The summed E-state index contributed by atoms with van der Waals surface area (Å²) in [4.78, 5) is 10.3. The molecule has 5 heteroatoms. The largest absolute Gasteiger partial charge is 0.382 e. The lowest BCUT2D eigenvalue weighted by molar-refractivity contribution is -0.384. The predicted molar refractivity (Wildman–Crippen MR) is 83.9 cm³/mol. The van der Waals surface area contributed by atoms with Gasteiger partial charge in [-0.2, -0.15) is 0 Å². The Morgan fingerprint density at radius 2 is 1.86 bits per heavy atom. The highest BCUT2D eigenvalue weighted by atomic mass is 35.5. The van der Waals surface area contributed by atoms with Crippen molar-refractivity contribution in [1.82, 2.24) is 0 Å². The van der Waals surface area contributed by atoms with Gasteiger partial charge < -0.3 is 5.32 Å². The summed E-state index contributed by atoms with van der Waals surface area (Å²) < 4.78 is 0. The Balaban J connectivity index is 1.60. The maximum atomic E-state index is 10.7. The van der Waals surface area contributed by atoms with E-state index >= 15 is 0 Å². The summed E-state index contributed by atoms with van der Waals surface area (Å²) in [6.07, 6.45) is 2.14. The van der Waals surface area contributed by atoms with Crippen molar-refractivity contribution in [2.24, 2.45) is 0 Å². The van der Waals surface area contributed by atoms with Gasteiger partial charge in [-0.05, 0) is 36.5 Å². The summed E-state index contributed by atoms with van der Waals surface area (Å²) in [7, 11) is 0. The van der Waals surface area contributed by atoms with Crippen LogP contribution < -0.4 is 5.32 Å². The van der Waals surface area contributed by atoms with Crippen LogP contribution in [0.1, 0.15) is 24.3 Å². The van der Waals surface area contributed by atoms with Crippen molar-refractivity contribution in [3.63, 3.8) is 0 Å². The van der Waals surface area contributed by atoms with Crippen LogP contribution in [0.15, 0.2) is 48.5 Å². The zero-order valence-electron chi connectivity index (χ0n) is 11.3. The normalized spacial score (nSPS) is 20.6. The number of anilines is 1. The second kappa shape index (κ2) is 5.74. The van der Waals surface area contributed by atoms with Crippen molar-refractivity contribution in [3.8, 4) is 0 Å². The molecule has 4 nitrogen and oxygen atoms in total. The molecule has 1 N–H and O–H groups in total. The van der Waals surface area contributed by atoms with Crippen LogP contribution in [-0.4, -0.2) is 11.0 Å². The molecule has 0 amide bonds. The summed E-state index contributed by atoms with van der Waals surface area (Å²) >= 11 is 5.91. The highest BCUT2D eigenvalue weighted by Crippen LogP contribution is 2.39. The molecule has 1 aliphatic carbocycles. The highest BCUT2D eigenvalue weighted by molar-refractivity contribution is 6.32. The first kappa shape index (κ1) is 13.9. The SMILES string of the molecule is O=[N+]([O-])c1ccc(NC2CC(c3ccccc3)C2)cc1Cl. The molecule has 1 saturated carbocycles. The lowest BCUT2D eigenvalue weighted by atomic mass is 9.76. The van der Waals surface area contributed by atoms with Gasteiger partial charge in [-0.25, -0.2) is 0 Å². The average Bonchev–Trinajstić information content (AvgIpc) is 2.43. The van der Waals surface area contributed by atoms with E-state index in [9.17, 15) is 10.1 Å². The summed E-state index contributed by atoms with van der Waals surface area (Å²) in [5.74, 6) is 0.595. The van der Waals surface area contributed by atoms with Crippen LogP contribution >= 0.6 is 11.6 Å². The average molecular weight is 303 g/mol. The molecule has 1 aliphatic rings. The molecule has 108 valence electrons. The van der Waals surface area contributed by atoms with E-state index in [1.54, 1.807) is 12.1 Å². The number of hydrogen-bond donors (Lipinski definition) is 1. The van der Waals surface area contributed by atoms with Crippen molar-refractivity contribution >= 4 is 23.0 Å². The highest BCUT2D eigenvalue weighted by Gasteiger charge is 2.30. The van der Waals surface area contributed by atoms with Crippen LogP contribution in [0.4, 0.5) is 11.4 Å². The molecule has 0 saturated heterocycles. The van der Waals surface area contributed by atoms with E-state index < -0.39 is 4.92 Å². The standard InChI is InChI=1S/C16H15ClN2O2/c17-15-10-13(6-7-16(15)19(20)21)18-14-8-12(9-14)11-4-2-1-3-5-11/h1-7,10,12,14,18H,8-9H2. The van der Waals surface area contributed by atoms with Gasteiger partial charge in [0, 0.05) is 17.8 Å². The molecule has 2 aromatic rings. The number of rotatable bonds is 4. The van der Waals surface area contributed by atoms with Crippen LogP contribution in [0, 0.1) is 10.1 Å². The van der Waals surface area contributed by atoms with Crippen LogP contribution in [0.5, 0.6) is 0 Å². The topological polar surface area (TPSA) is 55.2 Å². The van der Waals surface area contributed by atoms with Crippen LogP contribution in [0.2, 0.25) is 5.02 Å². The van der Waals surface area contributed by atoms with Crippen molar-refractivity contribution in [3.05, 3.63) is 69.2 Å². The molecule has 0 unspecified atom stereocenters. The fraction of sp³-hybridized carbons (Fsp3) is 0.250. The van der Waals surface area contributed by atoms with E-state index in [2.05, 4.69) is 29.6 Å². The number of nitro groups is 1. The Labute approximate surface area is 127 Å². The minimum Gasteiger partial charge on any atom is -0.382 e. The summed E-state index contributed by atoms with van der Waals surface area (Å²) in [5, 5.41) is 14.3. The first-order valence-electron chi connectivity index (χ1n) is 6.89. The minimum atomic E-state index is -0.471. The summed E-state index contributed by atoms with van der Waals surface area (Å²) in [5.41, 5.74) is 2.15. The van der Waals surface area contributed by atoms with Crippen molar-refractivity contribution < 1.29 is 4.92 Å². The smallest absolute Gasteiger partial charge is 0.288 e. The number of halogens is 1. The molecule has 0 spiro atoms. The third kappa shape index (κ3) is 3.00. The van der Waals surface area contributed by atoms with E-state index in [4.69, 9.17) is 11.6 Å². The molecule has 0 aliphatic heterocycles. The molecule has 0 aromatic heterocycles. The second-order valence-corrected chi connectivity index (χ2v) is 5.75. The monoisotopic (exact) mass is 302 g/mol. The molecule has 2 aromatic carbocycles. The predicted octanol–water partition coefficient (Wildman–Crippen LogP) is 4.61. The molecule has 0 heterocycles. The van der Waals surface area contributed by atoms with Gasteiger partial charge in [-0.3, -0.25) is 10.1 Å². The molecule has 0 atom stereocenters. The third-order valence-corrected chi connectivity index (χ3v) is 4.23. The Kier molecular flexibility index (Phi) is 3.80. The Morgan fingerprint density at radius 3 is 2.48 bits per heavy atom. The first-order chi connectivity index (χ1) is 10.1. The van der Waals surface area contributed by atoms with Crippen LogP contribution in [0.25, 0.3) is 0 Å². The maximum absolute atomic E-state index is 10.7. The van der Waals surface area contributed by atoms with Gasteiger partial charge in [0.1, 0.15) is 5.02 Å². The van der Waals surface area contributed by atoms with Gasteiger partial charge in [0.05, 0.1) is 4.92 Å². The van der Waals surface area contributed by atoms with Crippen molar-refractivity contribution in [1.29, 1.82) is 0 Å². The number of nitrogens with one attached hydrogen (secondary N) is 1. The second-order valence-electron chi connectivity index (χ2n) is 5.34. The van der Waals surface area contributed by atoms with Gasteiger partial charge in [0.2, 0.25) is 0 Å². The van der Waals surface area contributed by atoms with Crippen LogP contribution in [-0.2, 0) is 0 Å². The van der Waals surface area contributed by atoms with Crippen molar-refractivity contribution in [2.75, 3.05) is 5.32 Å². The van der Waals surface area contributed by atoms with E-state index in [0.29, 0.717) is 12.0 Å². The summed E-state index contributed by atoms with van der Waals surface area (Å²) in [6.45, 7) is 0. The molecule has 21 heavy (non-hydrogen) atoms. The zero-order valence-corrected chi connectivity index (χ0v) is 12.1. The molecular weight excluding hydrogens is 288 g/mol. The van der Waals surface area contributed by atoms with Crippen LogP contribution in [0.3, 0.4) is 0 Å². The lowest BCUT2D eigenvalue weighted by Gasteiger charge is -2.37. The van der Waals surface area contributed by atoms with E-state index in [1.807, 2.05) is 6.07 Å². The van der Waals surface area contributed by atoms with E-state index in [0.717, 1.165) is 18.5 Å². The number of hydrogen-bond acceptors (Lipinski definition) is 3. The Morgan fingerprint density at radius 1 is 1.14 bits per heavy atom. The van der Waals surface area contributed by atoms with E-state index in [1.165, 1.54) is 11.6 Å². The molecule has 3 rings (SSSR count). The van der Waals surface area contributed by atoms with E-state index in [-0.39, 0.29) is 10.7 Å². The first-order valence-corrected chi connectivity index (χ1v) is 7.26. The molecule has 1 fully saturated rings. The molecular formula is C16H15ClN2O2. The summed E-state index contributed by atoms with van der Waals surface area (Å²) in [6, 6.07) is 15.6. The third-order valence-electron chi connectivity index (χ3n) is 3.92. The van der Waals surface area contributed by atoms with Gasteiger partial charge in [0.25, 0.3) is 5.69 Å². The number of nitro benzene ring substituents is 1. The van der Waals surface area contributed by atoms with Gasteiger partial charge in [-0.15, -0.1) is 0 Å². The number of benzene rings is 2. The maximum Gasteiger partial charge on any atom is 0.288 e. The minimum absolute atomic E-state index is 0.0574. The van der Waals surface area contributed by atoms with Gasteiger partial charge in [-0.1, -0.05) is 41.9 Å². The molecule has 0 bridgehead atoms. The quantitative estimate of drug-likeness (QED) is 0.663. The van der Waals surface area contributed by atoms with Crippen molar-refractivity contribution in [2.45, 2.75) is 24.8 Å². The Hall–Kier alpha value is -2.07. The fourth-order valence-electron chi connectivity index (χ4n) is 2.71. The lowest BCUT2D eigenvalue weighted by Crippen LogP contribution is -2.33. The van der Waals surface area contributed by atoms with Gasteiger partial charge >= 0.3 is 0 Å². The van der Waals surface area contributed by atoms with Gasteiger partial charge in [0.15, 0.2) is 0 Å². The molecule has 0 radical (unpaired) electrons.